The number of hydrogen-bond acceptors (Lipinski definition) is 15. The number of aromatic nitrogens is 2. The van der Waals surface area contributed by atoms with Crippen LogP contribution in [0, 0.1) is 47.3 Å². The number of benzene rings is 4. The number of nitrogens with zero attached hydrogens (tertiary/aromatic N) is 6. The molecule has 0 saturated carbocycles. The number of carbonyl (C=O) groups is 4. The van der Waals surface area contributed by atoms with E-state index in [0.717, 1.165) is 12.0 Å². The Morgan fingerprint density at radius 1 is 0.649 bits per heavy atom. The molecule has 20 nitrogen and oxygen atoms in total. The molecule has 11 N–H and O–H groups in total. The first-order valence-corrected chi connectivity index (χ1v) is 24.5. The topological polar surface area (TPSA) is 362 Å². The lowest BCUT2D eigenvalue weighted by Gasteiger charge is -2.25. The van der Waals surface area contributed by atoms with Gasteiger partial charge in [-0.25, -0.2) is 0 Å². The number of aromatic amines is 2. The molecule has 2 aromatic heterocycles. The van der Waals surface area contributed by atoms with Gasteiger partial charge in [-0.05, 0) is 124 Å². The van der Waals surface area contributed by atoms with Crippen LogP contribution in [0.15, 0.2) is 139 Å². The third kappa shape index (κ3) is 18.0. The van der Waals surface area contributed by atoms with Gasteiger partial charge in [-0.15, -0.1) is 10.2 Å². The molecule has 0 aliphatic carbocycles. The molecule has 0 radical (unpaired) electrons. The summed E-state index contributed by atoms with van der Waals surface area (Å²) < 4.78 is 0. The molecule has 2 heterocycles. The smallest absolute Gasteiger partial charge is 0.278 e. The van der Waals surface area contributed by atoms with Crippen molar-refractivity contribution < 1.29 is 29.4 Å². The molecule has 0 spiro atoms. The van der Waals surface area contributed by atoms with Gasteiger partial charge in [0, 0.05) is 35.3 Å². The number of nitrogens with two attached hydrogens (primary N) is 3. The summed E-state index contributed by atoms with van der Waals surface area (Å²) in [7, 11) is 0. The van der Waals surface area contributed by atoms with Crippen LogP contribution < -0.4 is 33.6 Å². The highest BCUT2D eigenvalue weighted by Gasteiger charge is 2.29. The SMILES string of the molecule is CC(CC(C)(C#N)CCC(=O)Cl)c1ccccc1.Cc1c(C(N)=O)c(O)[nH]c(=O)c1N=Nc1cccc(N)c1.Cc1c(C(N)=O)c(O)[nH]c(=O)c1N=Nc1cccc(NC(=O)CCC(C)(C#N)CC(C)c2ccccc2)c1. The van der Waals surface area contributed by atoms with Crippen LogP contribution in [0.5, 0.6) is 11.8 Å². The average molecular weight is 1070 g/mol. The first-order chi connectivity index (χ1) is 36.4. The maximum Gasteiger partial charge on any atom is 0.278 e. The molecule has 6 rings (SSSR count). The molecule has 4 unspecified atom stereocenters. The average Bonchev–Trinajstić information content (AvgIpc) is 3.38. The van der Waals surface area contributed by atoms with E-state index in [4.69, 9.17) is 28.8 Å². The van der Waals surface area contributed by atoms with Crippen molar-refractivity contribution in [2.24, 2.45) is 42.8 Å². The second-order valence-electron chi connectivity index (χ2n) is 18.9. The second kappa shape index (κ2) is 27.9. The number of primary amides is 2. The summed E-state index contributed by atoms with van der Waals surface area (Å²) in [5.74, 6) is -2.79. The van der Waals surface area contributed by atoms with Gasteiger partial charge in [0.15, 0.2) is 11.4 Å². The van der Waals surface area contributed by atoms with Crippen LogP contribution in [0.25, 0.3) is 0 Å². The largest absolute Gasteiger partial charge is 0.494 e. The van der Waals surface area contributed by atoms with Crippen LogP contribution >= 0.6 is 11.6 Å². The molecule has 4 aromatic carbocycles. The minimum Gasteiger partial charge on any atom is -0.494 e. The number of halogens is 1. The van der Waals surface area contributed by atoms with Crippen molar-refractivity contribution in [1.82, 2.24) is 9.97 Å². The van der Waals surface area contributed by atoms with E-state index >= 15 is 0 Å². The van der Waals surface area contributed by atoms with Gasteiger partial charge in [-0.2, -0.15) is 20.8 Å². The molecule has 77 heavy (non-hydrogen) atoms. The lowest BCUT2D eigenvalue weighted by atomic mass is 9.77. The van der Waals surface area contributed by atoms with E-state index in [0.29, 0.717) is 47.9 Å². The number of azo groups is 2. The molecule has 0 saturated heterocycles. The number of hydrogen-bond donors (Lipinski definition) is 8. The van der Waals surface area contributed by atoms with Gasteiger partial charge in [-0.1, -0.05) is 86.6 Å². The van der Waals surface area contributed by atoms with E-state index in [2.05, 4.69) is 73.9 Å². The minimum atomic E-state index is -0.917. The molecule has 0 fully saturated rings. The number of nitrogen functional groups attached to an aromatic ring is 1. The third-order valence-electron chi connectivity index (χ3n) is 12.4. The van der Waals surface area contributed by atoms with Crippen molar-refractivity contribution in [2.75, 3.05) is 11.1 Å². The highest BCUT2D eigenvalue weighted by molar-refractivity contribution is 6.63. The summed E-state index contributed by atoms with van der Waals surface area (Å²) in [4.78, 5) is 74.5. The Balaban J connectivity index is 0.000000276. The van der Waals surface area contributed by atoms with Crippen LogP contribution in [-0.2, 0) is 9.59 Å². The highest BCUT2D eigenvalue weighted by Crippen LogP contribution is 2.37. The first kappa shape index (κ1) is 60.3. The van der Waals surface area contributed by atoms with Crippen LogP contribution in [-0.4, -0.2) is 43.1 Å². The summed E-state index contributed by atoms with van der Waals surface area (Å²) in [5.41, 5.74) is 17.1. The Bertz CT molecular complexity index is 3350. The van der Waals surface area contributed by atoms with Gasteiger partial charge in [-0.3, -0.25) is 38.7 Å². The zero-order valence-corrected chi connectivity index (χ0v) is 44.2. The number of anilines is 2. The summed E-state index contributed by atoms with van der Waals surface area (Å²) in [6, 6.07) is 37.9. The number of aromatic hydroxyl groups is 2. The second-order valence-corrected chi connectivity index (χ2v) is 19.3. The Morgan fingerprint density at radius 2 is 1.06 bits per heavy atom. The van der Waals surface area contributed by atoms with Crippen LogP contribution in [0.3, 0.4) is 0 Å². The van der Waals surface area contributed by atoms with Gasteiger partial charge < -0.3 is 32.7 Å². The Morgan fingerprint density at radius 3 is 1.47 bits per heavy atom. The van der Waals surface area contributed by atoms with E-state index in [1.807, 2.05) is 62.4 Å². The summed E-state index contributed by atoms with van der Waals surface area (Å²) >= 11 is 5.35. The Hall–Kier alpha value is -9.27. The van der Waals surface area contributed by atoms with Crippen molar-refractivity contribution in [3.8, 4) is 23.9 Å². The van der Waals surface area contributed by atoms with E-state index in [-0.39, 0.29) is 63.5 Å². The van der Waals surface area contributed by atoms with Gasteiger partial charge in [0.05, 0.1) is 34.3 Å². The maximum atomic E-state index is 12.7. The Labute approximate surface area is 449 Å². The van der Waals surface area contributed by atoms with Crippen molar-refractivity contribution in [1.29, 1.82) is 10.5 Å². The number of carbonyl (C=O) groups excluding carboxylic acids is 4. The Kier molecular flexibility index (Phi) is 21.8. The molecule has 21 heteroatoms. The summed E-state index contributed by atoms with van der Waals surface area (Å²) in [5, 5.41) is 56.5. The van der Waals surface area contributed by atoms with Crippen LogP contribution in [0.2, 0.25) is 0 Å². The van der Waals surface area contributed by atoms with Crippen molar-refractivity contribution in [3.05, 3.63) is 163 Å². The summed E-state index contributed by atoms with van der Waals surface area (Å²) in [6.45, 7) is 10.8. The molecule has 0 bridgehead atoms. The number of H-pyrrole nitrogens is 2. The lowest BCUT2D eigenvalue weighted by molar-refractivity contribution is -0.116. The van der Waals surface area contributed by atoms with Crippen molar-refractivity contribution in [2.45, 2.75) is 91.9 Å². The zero-order valence-electron chi connectivity index (χ0n) is 43.4. The molecule has 400 valence electrons. The van der Waals surface area contributed by atoms with E-state index in [9.17, 15) is 49.5 Å². The fraction of sp³-hybridized carbons (Fsp3) is 0.286. The molecule has 3 amide bonds. The van der Waals surface area contributed by atoms with Gasteiger partial charge >= 0.3 is 0 Å². The molecule has 0 aliphatic rings. The van der Waals surface area contributed by atoms with Crippen molar-refractivity contribution in [3.63, 3.8) is 0 Å². The molecule has 0 aliphatic heterocycles. The van der Waals surface area contributed by atoms with Gasteiger partial charge in [0.25, 0.3) is 22.9 Å². The fourth-order valence-electron chi connectivity index (χ4n) is 8.23. The summed E-state index contributed by atoms with van der Waals surface area (Å²) in [6.07, 6.45) is 2.70. The minimum absolute atomic E-state index is 0.0917. The fourth-order valence-corrected chi connectivity index (χ4v) is 8.32. The van der Waals surface area contributed by atoms with Crippen molar-refractivity contribution >= 4 is 68.7 Å². The first-order valence-electron chi connectivity index (χ1n) is 24.1. The van der Waals surface area contributed by atoms with Gasteiger partial charge in [0.2, 0.25) is 22.9 Å². The lowest BCUT2D eigenvalue weighted by Crippen LogP contribution is -2.21. The number of amides is 3. The predicted molar refractivity (Wildman–Crippen MR) is 294 cm³/mol. The van der Waals surface area contributed by atoms with E-state index < -0.39 is 45.5 Å². The predicted octanol–water partition coefficient (Wildman–Crippen LogP) is 11.1. The van der Waals surface area contributed by atoms with E-state index in [1.165, 1.54) is 19.4 Å². The number of pyridine rings is 2. The van der Waals surface area contributed by atoms with Crippen LogP contribution in [0.1, 0.15) is 121 Å². The van der Waals surface area contributed by atoms with Crippen LogP contribution in [0.4, 0.5) is 34.1 Å². The quantitative estimate of drug-likeness (QED) is 0.0214. The zero-order chi connectivity index (χ0) is 57.0. The normalized spacial score (nSPS) is 13.2. The number of nitriles is 2. The monoisotopic (exact) mass is 1060 g/mol. The van der Waals surface area contributed by atoms with Gasteiger partial charge in [0.1, 0.15) is 11.1 Å². The maximum absolute atomic E-state index is 12.7. The number of nitrogens with one attached hydrogen (secondary N) is 3. The third-order valence-corrected chi connectivity index (χ3v) is 12.6. The van der Waals surface area contributed by atoms with E-state index in [1.54, 1.807) is 48.5 Å². The molecule has 4 atom stereocenters. The molecular weight excluding hydrogens is 1000 g/mol. The standard InChI is InChI=1S/C28H30N6O4.C15H18ClNO.C13H13N5O3/c1-17(19-8-5-4-6-9-19)15-28(3,16-29)13-12-22(35)31-20-10-7-11-21(14-20)33-34-24-18(2)23(25(30)36)26(37)32-27(24)38;1-12(13-6-4-3-5-7-13)10-15(2,11-17)9-8-14(16)18;1-6-9(11(15)19)12(20)16-13(21)10(6)18-17-8-4-2-3-7(14)5-8/h4-11,14,17H,12-13,15H2,1-3H3,(H2,30,36)(H,31,35)(H2,32,37,38);3-7,12H,8-10H2,1-2H3;2-5H,14H2,1H3,(H2,15,19)(H2,16,20,21). The molecule has 6 aromatic rings. The highest BCUT2D eigenvalue weighted by atomic mass is 35.5. The number of rotatable bonds is 19. The molecular formula is C56H61ClN12O8.